The molecule has 2 aromatic carbocycles. The molecule has 2 aromatic rings. The van der Waals surface area contributed by atoms with E-state index in [9.17, 15) is 13.6 Å². The molecule has 1 amide bonds. The zero-order valence-corrected chi connectivity index (χ0v) is 13.7. The summed E-state index contributed by atoms with van der Waals surface area (Å²) < 4.78 is 31.8. The Hall–Kier alpha value is -2.69. The van der Waals surface area contributed by atoms with Crippen LogP contribution in [0.3, 0.4) is 0 Å². The van der Waals surface area contributed by atoms with Crippen LogP contribution in [-0.4, -0.2) is 31.5 Å². The molecule has 126 valence electrons. The maximum absolute atomic E-state index is 13.7. The minimum absolute atomic E-state index is 0.171. The quantitative estimate of drug-likeness (QED) is 0.796. The van der Waals surface area contributed by atoms with Crippen LogP contribution in [0.1, 0.15) is 22.3 Å². The Bertz CT molecular complexity index is 759. The molecule has 0 saturated heterocycles. The van der Waals surface area contributed by atoms with Crippen molar-refractivity contribution in [1.82, 2.24) is 4.90 Å². The molecule has 0 aliphatic carbocycles. The minimum atomic E-state index is -0.458. The van der Waals surface area contributed by atoms with E-state index in [0.29, 0.717) is 29.7 Å². The van der Waals surface area contributed by atoms with Gasteiger partial charge in [-0.15, -0.1) is 0 Å². The highest BCUT2D eigenvalue weighted by atomic mass is 19.1. The SMILES string of the molecule is C=C(CCN(C)C(=O)c1cccc(F)c1)c1ccc(OC)c(F)c1. The topological polar surface area (TPSA) is 29.5 Å². The summed E-state index contributed by atoms with van der Waals surface area (Å²) in [5.41, 5.74) is 1.65. The number of amides is 1. The lowest BCUT2D eigenvalue weighted by Gasteiger charge is -2.18. The van der Waals surface area contributed by atoms with E-state index in [1.807, 2.05) is 0 Å². The molecule has 0 aliphatic heterocycles. The molecular formula is C19H19F2NO2. The predicted molar refractivity (Wildman–Crippen MR) is 90.0 cm³/mol. The predicted octanol–water partition coefficient (Wildman–Crippen LogP) is 4.15. The van der Waals surface area contributed by atoms with E-state index in [1.54, 1.807) is 19.2 Å². The second-order valence-electron chi connectivity index (χ2n) is 5.44. The number of carbonyl (C=O) groups is 1. The zero-order valence-electron chi connectivity index (χ0n) is 13.7. The first-order chi connectivity index (χ1) is 11.4. The van der Waals surface area contributed by atoms with Gasteiger partial charge in [-0.2, -0.15) is 0 Å². The lowest BCUT2D eigenvalue weighted by Crippen LogP contribution is -2.27. The van der Waals surface area contributed by atoms with Gasteiger partial charge in [-0.05, 0) is 47.9 Å². The first-order valence-electron chi connectivity index (χ1n) is 7.45. The first-order valence-corrected chi connectivity index (χ1v) is 7.45. The fourth-order valence-electron chi connectivity index (χ4n) is 2.28. The molecule has 0 N–H and O–H groups in total. The molecule has 2 rings (SSSR count). The summed E-state index contributed by atoms with van der Waals surface area (Å²) in [6.07, 6.45) is 0.476. The zero-order chi connectivity index (χ0) is 17.7. The molecule has 0 atom stereocenters. The van der Waals surface area contributed by atoms with Crippen molar-refractivity contribution < 1.29 is 18.3 Å². The third kappa shape index (κ3) is 4.19. The molecule has 24 heavy (non-hydrogen) atoms. The summed E-state index contributed by atoms with van der Waals surface area (Å²) >= 11 is 0. The van der Waals surface area contributed by atoms with E-state index in [-0.39, 0.29) is 11.7 Å². The first kappa shape index (κ1) is 17.7. The van der Waals surface area contributed by atoms with E-state index in [1.165, 1.54) is 42.3 Å². The van der Waals surface area contributed by atoms with Gasteiger partial charge in [0.25, 0.3) is 5.91 Å². The van der Waals surface area contributed by atoms with Crippen LogP contribution in [-0.2, 0) is 0 Å². The van der Waals surface area contributed by atoms with E-state index >= 15 is 0 Å². The molecule has 3 nitrogen and oxygen atoms in total. The van der Waals surface area contributed by atoms with Gasteiger partial charge >= 0.3 is 0 Å². The van der Waals surface area contributed by atoms with Crippen LogP contribution in [0.4, 0.5) is 8.78 Å². The van der Waals surface area contributed by atoms with Gasteiger partial charge in [0, 0.05) is 19.2 Å². The summed E-state index contributed by atoms with van der Waals surface area (Å²) in [7, 11) is 3.04. The van der Waals surface area contributed by atoms with Crippen LogP contribution >= 0.6 is 0 Å². The molecule has 0 unspecified atom stereocenters. The molecule has 0 bridgehead atoms. The van der Waals surface area contributed by atoms with Gasteiger partial charge in [-0.3, -0.25) is 4.79 Å². The van der Waals surface area contributed by atoms with Gasteiger partial charge < -0.3 is 9.64 Å². The second kappa shape index (κ2) is 7.73. The fourth-order valence-corrected chi connectivity index (χ4v) is 2.28. The van der Waals surface area contributed by atoms with Crippen LogP contribution in [0.5, 0.6) is 5.75 Å². The standard InChI is InChI=1S/C19H19F2NO2/c1-13(14-7-8-18(24-3)17(21)12-14)9-10-22(2)19(23)15-5-4-6-16(20)11-15/h4-8,11-12H,1,9-10H2,2-3H3. The summed E-state index contributed by atoms with van der Waals surface area (Å²) in [5, 5.41) is 0. The number of halogens is 2. The summed E-state index contributed by atoms with van der Waals surface area (Å²) in [4.78, 5) is 13.7. The van der Waals surface area contributed by atoms with Crippen molar-refractivity contribution >= 4 is 11.5 Å². The molecule has 0 spiro atoms. The van der Waals surface area contributed by atoms with Crippen molar-refractivity contribution in [2.24, 2.45) is 0 Å². The number of hydrogen-bond acceptors (Lipinski definition) is 2. The molecule has 0 heterocycles. The number of ether oxygens (including phenoxy) is 1. The van der Waals surface area contributed by atoms with Crippen molar-refractivity contribution in [3.8, 4) is 5.75 Å². The third-order valence-corrected chi connectivity index (χ3v) is 3.73. The van der Waals surface area contributed by atoms with Gasteiger partial charge in [0.1, 0.15) is 5.82 Å². The van der Waals surface area contributed by atoms with E-state index in [2.05, 4.69) is 6.58 Å². The number of benzene rings is 2. The summed E-state index contributed by atoms with van der Waals surface area (Å²) in [5.74, 6) is -1.01. The Morgan fingerprint density at radius 3 is 2.54 bits per heavy atom. The number of nitrogens with zero attached hydrogens (tertiary/aromatic N) is 1. The Labute approximate surface area is 140 Å². The molecule has 0 aliphatic rings. The van der Waals surface area contributed by atoms with Crippen molar-refractivity contribution in [1.29, 1.82) is 0 Å². The van der Waals surface area contributed by atoms with Crippen LogP contribution in [0.2, 0.25) is 0 Å². The van der Waals surface area contributed by atoms with Gasteiger partial charge in [-0.1, -0.05) is 18.7 Å². The van der Waals surface area contributed by atoms with E-state index in [0.717, 1.165) is 0 Å². The highest BCUT2D eigenvalue weighted by Crippen LogP contribution is 2.23. The Balaban J connectivity index is 1.98. The highest BCUT2D eigenvalue weighted by Gasteiger charge is 2.13. The number of methoxy groups -OCH3 is 1. The van der Waals surface area contributed by atoms with Crippen molar-refractivity contribution in [2.75, 3.05) is 20.7 Å². The van der Waals surface area contributed by atoms with Crippen molar-refractivity contribution in [2.45, 2.75) is 6.42 Å². The highest BCUT2D eigenvalue weighted by molar-refractivity contribution is 5.94. The lowest BCUT2D eigenvalue weighted by molar-refractivity contribution is 0.0797. The van der Waals surface area contributed by atoms with Crippen molar-refractivity contribution in [3.05, 3.63) is 71.8 Å². The van der Waals surface area contributed by atoms with Crippen LogP contribution in [0, 0.1) is 11.6 Å². The minimum Gasteiger partial charge on any atom is -0.494 e. The van der Waals surface area contributed by atoms with Crippen LogP contribution in [0.25, 0.3) is 5.57 Å². The Morgan fingerprint density at radius 2 is 1.92 bits per heavy atom. The van der Waals surface area contributed by atoms with Crippen molar-refractivity contribution in [3.63, 3.8) is 0 Å². The smallest absolute Gasteiger partial charge is 0.253 e. The third-order valence-electron chi connectivity index (χ3n) is 3.73. The maximum atomic E-state index is 13.7. The lowest BCUT2D eigenvalue weighted by atomic mass is 10.0. The van der Waals surface area contributed by atoms with Gasteiger partial charge in [0.05, 0.1) is 7.11 Å². The number of rotatable bonds is 6. The Kier molecular flexibility index (Phi) is 5.68. The second-order valence-corrected chi connectivity index (χ2v) is 5.44. The van der Waals surface area contributed by atoms with Gasteiger partial charge in [0.2, 0.25) is 0 Å². The van der Waals surface area contributed by atoms with E-state index < -0.39 is 11.6 Å². The maximum Gasteiger partial charge on any atom is 0.253 e. The normalized spacial score (nSPS) is 10.3. The number of carbonyl (C=O) groups excluding carboxylic acids is 1. The molecule has 0 radical (unpaired) electrons. The van der Waals surface area contributed by atoms with Crippen LogP contribution < -0.4 is 4.74 Å². The number of hydrogen-bond donors (Lipinski definition) is 0. The molecule has 0 saturated carbocycles. The summed E-state index contributed by atoms with van der Waals surface area (Å²) in [6, 6.07) is 10.2. The Morgan fingerprint density at radius 1 is 1.17 bits per heavy atom. The van der Waals surface area contributed by atoms with Gasteiger partial charge in [-0.25, -0.2) is 8.78 Å². The van der Waals surface area contributed by atoms with Gasteiger partial charge in [0.15, 0.2) is 11.6 Å². The molecule has 0 fully saturated rings. The monoisotopic (exact) mass is 331 g/mol. The molecule has 5 heteroatoms. The molecular weight excluding hydrogens is 312 g/mol. The largest absolute Gasteiger partial charge is 0.494 e. The average molecular weight is 331 g/mol. The summed E-state index contributed by atoms with van der Waals surface area (Å²) in [6.45, 7) is 4.32. The van der Waals surface area contributed by atoms with Crippen LogP contribution in [0.15, 0.2) is 49.0 Å². The average Bonchev–Trinajstić information content (AvgIpc) is 2.58. The van der Waals surface area contributed by atoms with E-state index in [4.69, 9.17) is 4.74 Å². The fraction of sp³-hybridized carbons (Fsp3) is 0.211. The molecule has 0 aromatic heterocycles.